The third-order valence-corrected chi connectivity index (χ3v) is 4.89. The number of nitrogens with zero attached hydrogens (tertiary/aromatic N) is 3. The summed E-state index contributed by atoms with van der Waals surface area (Å²) in [5, 5.41) is 14.6. The molecule has 31 heavy (non-hydrogen) atoms. The van der Waals surface area contributed by atoms with Gasteiger partial charge in [-0.2, -0.15) is 10.4 Å². The van der Waals surface area contributed by atoms with Crippen LogP contribution in [0.4, 0.5) is 4.79 Å². The molecule has 1 aromatic heterocycles. The van der Waals surface area contributed by atoms with Crippen molar-refractivity contribution in [3.05, 3.63) is 64.5 Å². The predicted molar refractivity (Wildman–Crippen MR) is 119 cm³/mol. The molecule has 2 rings (SSSR count). The van der Waals surface area contributed by atoms with Crippen LogP contribution in [-0.2, 0) is 26.7 Å². The standard InChI is InChI=1S/C23H26ClN3O4/c1-7-12-29-22(28)31-14-30-21(20-19(24)15(2)26-27(20)6)18(13-25)16-8-10-17(11-9-16)23(3,4)5/h7-11H,1,12,14H2,2-6H3/b21-18-. The van der Waals surface area contributed by atoms with Crippen molar-refractivity contribution in [2.24, 2.45) is 7.05 Å². The van der Waals surface area contributed by atoms with Gasteiger partial charge in [0.1, 0.15) is 23.9 Å². The van der Waals surface area contributed by atoms with E-state index in [2.05, 4.69) is 38.5 Å². The van der Waals surface area contributed by atoms with Crippen LogP contribution in [0.3, 0.4) is 0 Å². The number of allylic oxidation sites excluding steroid dienone is 1. The summed E-state index contributed by atoms with van der Waals surface area (Å²) < 4.78 is 16.9. The molecular weight excluding hydrogens is 418 g/mol. The number of carbonyl (C=O) groups is 1. The number of aryl methyl sites for hydroxylation is 2. The van der Waals surface area contributed by atoms with Crippen molar-refractivity contribution in [1.29, 1.82) is 5.26 Å². The molecule has 0 fully saturated rings. The van der Waals surface area contributed by atoms with Gasteiger partial charge < -0.3 is 14.2 Å². The highest BCUT2D eigenvalue weighted by Gasteiger charge is 2.23. The van der Waals surface area contributed by atoms with E-state index in [0.717, 1.165) is 5.56 Å². The summed E-state index contributed by atoms with van der Waals surface area (Å²) in [6.07, 6.45) is 0.500. The van der Waals surface area contributed by atoms with E-state index < -0.39 is 12.9 Å². The molecule has 1 heterocycles. The van der Waals surface area contributed by atoms with E-state index in [0.29, 0.717) is 22.0 Å². The summed E-state index contributed by atoms with van der Waals surface area (Å²) in [5.41, 5.74) is 2.93. The van der Waals surface area contributed by atoms with Gasteiger partial charge in [0.2, 0.25) is 6.79 Å². The Morgan fingerprint density at radius 2 is 1.90 bits per heavy atom. The van der Waals surface area contributed by atoms with Crippen LogP contribution in [0.15, 0.2) is 36.9 Å². The van der Waals surface area contributed by atoms with Gasteiger partial charge in [0, 0.05) is 7.05 Å². The molecule has 0 atom stereocenters. The fraction of sp³-hybridized carbons (Fsp3) is 0.348. The maximum Gasteiger partial charge on any atom is 0.511 e. The average molecular weight is 444 g/mol. The Kier molecular flexibility index (Phi) is 7.89. The van der Waals surface area contributed by atoms with Crippen LogP contribution in [0, 0.1) is 18.3 Å². The third kappa shape index (κ3) is 5.89. The van der Waals surface area contributed by atoms with E-state index in [9.17, 15) is 10.1 Å². The van der Waals surface area contributed by atoms with Crippen LogP contribution < -0.4 is 0 Å². The van der Waals surface area contributed by atoms with Gasteiger partial charge in [-0.25, -0.2) is 4.79 Å². The van der Waals surface area contributed by atoms with Crippen molar-refractivity contribution >= 4 is 29.1 Å². The Bertz CT molecular complexity index is 1020. The molecule has 0 aliphatic carbocycles. The highest BCUT2D eigenvalue weighted by molar-refractivity contribution is 6.33. The summed E-state index contributed by atoms with van der Waals surface area (Å²) in [4.78, 5) is 11.6. The van der Waals surface area contributed by atoms with Gasteiger partial charge in [0.25, 0.3) is 0 Å². The molecule has 0 N–H and O–H groups in total. The minimum Gasteiger partial charge on any atom is -0.453 e. The van der Waals surface area contributed by atoms with Crippen molar-refractivity contribution in [2.45, 2.75) is 33.1 Å². The van der Waals surface area contributed by atoms with Gasteiger partial charge in [-0.1, -0.05) is 69.3 Å². The monoisotopic (exact) mass is 443 g/mol. The summed E-state index contributed by atoms with van der Waals surface area (Å²) in [7, 11) is 1.69. The molecular formula is C23H26ClN3O4. The van der Waals surface area contributed by atoms with Crippen molar-refractivity contribution in [3.8, 4) is 6.07 Å². The lowest BCUT2D eigenvalue weighted by Crippen LogP contribution is -2.12. The highest BCUT2D eigenvalue weighted by atomic mass is 35.5. The van der Waals surface area contributed by atoms with Crippen LogP contribution >= 0.6 is 11.6 Å². The van der Waals surface area contributed by atoms with Crippen molar-refractivity contribution < 1.29 is 19.0 Å². The molecule has 1 aromatic carbocycles. The maximum atomic E-state index is 11.6. The smallest absolute Gasteiger partial charge is 0.453 e. The van der Waals surface area contributed by atoms with Gasteiger partial charge in [-0.3, -0.25) is 4.68 Å². The Labute approximate surface area is 187 Å². The van der Waals surface area contributed by atoms with Crippen molar-refractivity contribution in [1.82, 2.24) is 9.78 Å². The zero-order chi connectivity index (χ0) is 23.2. The molecule has 2 aromatic rings. The fourth-order valence-corrected chi connectivity index (χ4v) is 3.07. The van der Waals surface area contributed by atoms with E-state index in [-0.39, 0.29) is 23.4 Å². The number of benzene rings is 1. The predicted octanol–water partition coefficient (Wildman–Crippen LogP) is 5.38. The normalized spacial score (nSPS) is 11.9. The topological polar surface area (TPSA) is 86.4 Å². The molecule has 0 spiro atoms. The fourth-order valence-electron chi connectivity index (χ4n) is 2.83. The lowest BCUT2D eigenvalue weighted by Gasteiger charge is -2.19. The SMILES string of the molecule is C=CCOC(=O)OCO/C(=C(/C#N)c1ccc(C(C)(C)C)cc1)c1c(Cl)c(C)nn1C. The van der Waals surface area contributed by atoms with E-state index in [1.165, 1.54) is 10.8 Å². The van der Waals surface area contributed by atoms with E-state index in [4.69, 9.17) is 25.8 Å². The number of hydrogen-bond acceptors (Lipinski definition) is 6. The zero-order valence-electron chi connectivity index (χ0n) is 18.4. The number of ether oxygens (including phenoxy) is 3. The number of nitriles is 1. The second-order valence-electron chi connectivity index (χ2n) is 7.77. The number of halogens is 1. The van der Waals surface area contributed by atoms with Gasteiger partial charge in [-0.15, -0.1) is 0 Å². The molecule has 0 radical (unpaired) electrons. The Morgan fingerprint density at radius 1 is 1.26 bits per heavy atom. The quantitative estimate of drug-likeness (QED) is 0.187. The van der Waals surface area contributed by atoms with Crippen LogP contribution in [0.2, 0.25) is 5.02 Å². The van der Waals surface area contributed by atoms with E-state index >= 15 is 0 Å². The number of hydrogen-bond donors (Lipinski definition) is 0. The molecule has 0 bridgehead atoms. The van der Waals surface area contributed by atoms with Crippen LogP contribution in [0.5, 0.6) is 0 Å². The van der Waals surface area contributed by atoms with Gasteiger partial charge in [0.15, 0.2) is 5.76 Å². The Hall–Kier alpha value is -3.24. The summed E-state index contributed by atoms with van der Waals surface area (Å²) >= 11 is 6.44. The molecule has 0 saturated heterocycles. The lowest BCUT2D eigenvalue weighted by atomic mass is 9.86. The molecule has 0 unspecified atom stereocenters. The second kappa shape index (κ2) is 10.2. The highest BCUT2D eigenvalue weighted by Crippen LogP contribution is 2.34. The first-order valence-electron chi connectivity index (χ1n) is 9.58. The first kappa shape index (κ1) is 24.0. The van der Waals surface area contributed by atoms with E-state index in [1.54, 1.807) is 14.0 Å². The minimum absolute atomic E-state index is 0.0118. The zero-order valence-corrected chi connectivity index (χ0v) is 19.1. The first-order valence-corrected chi connectivity index (χ1v) is 9.96. The lowest BCUT2D eigenvalue weighted by molar-refractivity contribution is -0.00148. The minimum atomic E-state index is -0.917. The van der Waals surface area contributed by atoms with Crippen LogP contribution in [-0.4, -0.2) is 29.3 Å². The average Bonchev–Trinajstić information content (AvgIpc) is 2.97. The van der Waals surface area contributed by atoms with Crippen LogP contribution in [0.25, 0.3) is 11.3 Å². The summed E-state index contributed by atoms with van der Waals surface area (Å²) in [6.45, 7) is 11.1. The Balaban J connectivity index is 2.48. The first-order chi connectivity index (χ1) is 14.6. The van der Waals surface area contributed by atoms with E-state index in [1.807, 2.05) is 24.3 Å². The van der Waals surface area contributed by atoms with Crippen molar-refractivity contribution in [2.75, 3.05) is 13.4 Å². The molecule has 164 valence electrons. The molecule has 8 heteroatoms. The molecule has 7 nitrogen and oxygen atoms in total. The molecule has 0 aliphatic heterocycles. The van der Waals surface area contributed by atoms with Crippen molar-refractivity contribution in [3.63, 3.8) is 0 Å². The second-order valence-corrected chi connectivity index (χ2v) is 8.15. The van der Waals surface area contributed by atoms with Gasteiger partial charge >= 0.3 is 6.16 Å². The molecule has 0 saturated carbocycles. The summed E-state index contributed by atoms with van der Waals surface area (Å²) in [6, 6.07) is 9.80. The molecule has 0 amide bonds. The number of rotatable bonds is 7. The third-order valence-electron chi connectivity index (χ3n) is 4.44. The largest absolute Gasteiger partial charge is 0.511 e. The van der Waals surface area contributed by atoms with Gasteiger partial charge in [-0.05, 0) is 23.5 Å². The maximum absolute atomic E-state index is 11.6. The van der Waals surface area contributed by atoms with Crippen LogP contribution in [0.1, 0.15) is 43.3 Å². The molecule has 0 aliphatic rings. The number of carbonyl (C=O) groups excluding carboxylic acids is 1. The Morgan fingerprint density at radius 3 is 2.39 bits per heavy atom. The van der Waals surface area contributed by atoms with Gasteiger partial charge in [0.05, 0.1) is 10.7 Å². The summed E-state index contributed by atoms with van der Waals surface area (Å²) in [5.74, 6) is 0.149. The number of aromatic nitrogens is 2.